The molecule has 184 valence electrons. The highest BCUT2D eigenvalue weighted by Gasteiger charge is 2.55. The molecule has 0 N–H and O–H groups in total. The second-order valence-corrected chi connectivity index (χ2v) is 14.6. The summed E-state index contributed by atoms with van der Waals surface area (Å²) in [6.45, 7) is 0. The first-order valence-corrected chi connectivity index (χ1v) is 15.7. The summed E-state index contributed by atoms with van der Waals surface area (Å²) in [4.78, 5) is 0. The molecular formula is C41H20. The van der Waals surface area contributed by atoms with E-state index in [0.29, 0.717) is 23.7 Å². The molecule has 1 fully saturated rings. The van der Waals surface area contributed by atoms with E-state index in [0.717, 1.165) is 12.8 Å². The van der Waals surface area contributed by atoms with Crippen LogP contribution in [0.1, 0.15) is 74.6 Å². The smallest absolute Gasteiger partial charge is 0.0000272 e. The van der Waals surface area contributed by atoms with Gasteiger partial charge in [0.2, 0.25) is 0 Å². The highest BCUT2D eigenvalue weighted by molar-refractivity contribution is 6.58. The Labute approximate surface area is 233 Å². The van der Waals surface area contributed by atoms with Crippen LogP contribution in [0.15, 0.2) is 60.7 Å². The number of benzene rings is 8. The maximum Gasteiger partial charge on any atom is -0.0000272 e. The number of fused-ring (bicyclic) bond motifs is 10. The van der Waals surface area contributed by atoms with Crippen LogP contribution in [0.3, 0.4) is 0 Å². The van der Waals surface area contributed by atoms with Crippen molar-refractivity contribution in [2.75, 3.05) is 0 Å². The monoisotopic (exact) mass is 512 g/mol. The summed E-state index contributed by atoms with van der Waals surface area (Å²) >= 11 is 0. The average molecular weight is 513 g/mol. The number of hydrogen-bond donors (Lipinski definition) is 0. The van der Waals surface area contributed by atoms with Crippen molar-refractivity contribution in [3.05, 3.63) is 105 Å². The Morgan fingerprint density at radius 1 is 0.366 bits per heavy atom. The highest BCUT2D eigenvalue weighted by Crippen LogP contribution is 2.72. The van der Waals surface area contributed by atoms with E-state index in [1.807, 2.05) is 0 Å². The fourth-order valence-electron chi connectivity index (χ4n) is 12.7. The van der Waals surface area contributed by atoms with Crippen LogP contribution in [0.4, 0.5) is 0 Å². The summed E-state index contributed by atoms with van der Waals surface area (Å²) in [6.07, 6.45) is 3.54. The summed E-state index contributed by atoms with van der Waals surface area (Å²) in [5, 5.41) is 25.6. The molecule has 0 radical (unpaired) electrons. The van der Waals surface area contributed by atoms with Gasteiger partial charge in [0.25, 0.3) is 0 Å². The minimum atomic E-state index is 0.620. The highest BCUT2D eigenvalue weighted by atomic mass is 14.6. The fraction of sp³-hybridized carbons (Fsp3) is 0.171. The molecule has 41 heavy (non-hydrogen) atoms. The van der Waals surface area contributed by atoms with E-state index in [9.17, 15) is 0 Å². The minimum absolute atomic E-state index is 0.620. The molecule has 5 aliphatic carbocycles. The van der Waals surface area contributed by atoms with E-state index in [2.05, 4.69) is 60.7 Å². The Kier molecular flexibility index (Phi) is 2.19. The largest absolute Gasteiger partial charge is 0.0620 e. The molecule has 0 saturated heterocycles. The van der Waals surface area contributed by atoms with Gasteiger partial charge >= 0.3 is 0 Å². The first-order chi connectivity index (χ1) is 20.3. The van der Waals surface area contributed by atoms with Crippen LogP contribution in [0.25, 0.3) is 86.2 Å². The number of rotatable bonds is 0. The molecule has 0 aromatic heterocycles. The van der Waals surface area contributed by atoms with Crippen molar-refractivity contribution in [3.63, 3.8) is 0 Å². The predicted octanol–water partition coefficient (Wildman–Crippen LogP) is 10.4. The van der Waals surface area contributed by atoms with Gasteiger partial charge in [-0.3, -0.25) is 0 Å². The zero-order valence-electron chi connectivity index (χ0n) is 22.2. The van der Waals surface area contributed by atoms with Gasteiger partial charge in [0.15, 0.2) is 0 Å². The van der Waals surface area contributed by atoms with Crippen LogP contribution in [0, 0.1) is 0 Å². The van der Waals surface area contributed by atoms with Crippen LogP contribution in [-0.4, -0.2) is 0 Å². The third kappa shape index (κ3) is 1.43. The van der Waals surface area contributed by atoms with E-state index in [1.165, 1.54) is 17.2 Å². The Bertz CT molecular complexity index is 2760. The zero-order valence-corrected chi connectivity index (χ0v) is 22.2. The van der Waals surface area contributed by atoms with Gasteiger partial charge in [-0.25, -0.2) is 0 Å². The van der Waals surface area contributed by atoms with Crippen molar-refractivity contribution < 1.29 is 0 Å². The molecule has 10 aromatic rings. The first-order valence-electron chi connectivity index (χ1n) is 15.7. The van der Waals surface area contributed by atoms with Gasteiger partial charge in [0.1, 0.15) is 0 Å². The third-order valence-corrected chi connectivity index (χ3v) is 13.5. The SMILES string of the molecule is c1ccc2c(c1)C1CC2C2c3cc4c5c6c(cc7ccc8cc9c%10c%11c(cc(c%12c3c5c(c%12%11)c3c%10c8c7c63)C12)C9)C4. The zero-order chi connectivity index (χ0) is 25.4. The van der Waals surface area contributed by atoms with Crippen molar-refractivity contribution in [2.45, 2.75) is 42.9 Å². The molecule has 0 nitrogen and oxygen atoms in total. The summed E-state index contributed by atoms with van der Waals surface area (Å²) in [5.74, 6) is 2.56. The topological polar surface area (TPSA) is 0 Å². The van der Waals surface area contributed by atoms with Gasteiger partial charge in [0.05, 0.1) is 0 Å². The summed E-state index contributed by atoms with van der Waals surface area (Å²) in [7, 11) is 0. The molecule has 0 amide bonds. The molecular weight excluding hydrogens is 492 g/mol. The quantitative estimate of drug-likeness (QED) is 0.177. The molecule has 2 bridgehead atoms. The summed E-state index contributed by atoms with van der Waals surface area (Å²) in [5.41, 5.74) is 13.1. The maximum absolute atomic E-state index is 2.74. The van der Waals surface area contributed by atoms with Crippen LogP contribution in [-0.2, 0) is 12.8 Å². The molecule has 4 unspecified atom stereocenters. The molecule has 5 aliphatic rings. The van der Waals surface area contributed by atoms with Gasteiger partial charge in [0, 0.05) is 0 Å². The second-order valence-electron chi connectivity index (χ2n) is 14.6. The van der Waals surface area contributed by atoms with E-state index in [4.69, 9.17) is 0 Å². The van der Waals surface area contributed by atoms with Crippen molar-refractivity contribution in [2.24, 2.45) is 0 Å². The van der Waals surface area contributed by atoms with Gasteiger partial charge in [-0.1, -0.05) is 60.7 Å². The molecule has 0 heterocycles. The normalized spacial score (nSPS) is 24.8. The molecule has 0 heteroatoms. The third-order valence-electron chi connectivity index (χ3n) is 13.5. The fourth-order valence-corrected chi connectivity index (χ4v) is 12.7. The molecule has 10 aromatic carbocycles. The molecule has 1 saturated carbocycles. The molecule has 0 aliphatic heterocycles. The minimum Gasteiger partial charge on any atom is -0.0620 e. The van der Waals surface area contributed by atoms with Crippen molar-refractivity contribution >= 4 is 86.2 Å². The Morgan fingerprint density at radius 2 is 0.780 bits per heavy atom. The summed E-state index contributed by atoms with van der Waals surface area (Å²) in [6, 6.07) is 25.0. The lowest BCUT2D eigenvalue weighted by molar-refractivity contribution is 0.527. The first kappa shape index (κ1) is 18.1. The lowest BCUT2D eigenvalue weighted by Gasteiger charge is -2.38. The van der Waals surface area contributed by atoms with E-state index in [-0.39, 0.29) is 0 Å². The molecule has 15 rings (SSSR count). The van der Waals surface area contributed by atoms with Crippen LogP contribution in [0.2, 0.25) is 0 Å². The standard InChI is InChI=1S/C41H20/c1-2-4-21-20(3-1)22-13-23(21)33-25-12-19-10-17-8-15-6-5-14-7-16-9-18-11-24(32(22)33)34-35(25)39-31(19)29(17)37-27(15)26(14)36-28(16)30(18)38(34)41(39)40(36)37/h1-8,11-12,22-23,32-33H,9-10,13H2. The van der Waals surface area contributed by atoms with E-state index in [1.54, 1.807) is 120 Å². The van der Waals surface area contributed by atoms with Gasteiger partial charge in [-0.15, -0.1) is 0 Å². The maximum atomic E-state index is 2.74. The van der Waals surface area contributed by atoms with Crippen molar-refractivity contribution in [1.29, 1.82) is 0 Å². The van der Waals surface area contributed by atoms with Gasteiger partial charge < -0.3 is 0 Å². The number of hydrogen-bond acceptors (Lipinski definition) is 0. The van der Waals surface area contributed by atoms with Crippen LogP contribution >= 0.6 is 0 Å². The van der Waals surface area contributed by atoms with Crippen molar-refractivity contribution in [1.82, 2.24) is 0 Å². The molecule has 0 spiro atoms. The van der Waals surface area contributed by atoms with Gasteiger partial charge in [-0.05, 0) is 174 Å². The summed E-state index contributed by atoms with van der Waals surface area (Å²) < 4.78 is 0. The van der Waals surface area contributed by atoms with Crippen molar-refractivity contribution in [3.8, 4) is 0 Å². The average Bonchev–Trinajstić information content (AvgIpc) is 3.82. The lowest BCUT2D eigenvalue weighted by Crippen LogP contribution is -2.22. The Morgan fingerprint density at radius 3 is 1.27 bits per heavy atom. The van der Waals surface area contributed by atoms with E-state index >= 15 is 0 Å². The van der Waals surface area contributed by atoms with E-state index < -0.39 is 0 Å². The van der Waals surface area contributed by atoms with Crippen LogP contribution in [0.5, 0.6) is 0 Å². The Hall–Kier alpha value is -4.42. The molecule has 4 atom stereocenters. The van der Waals surface area contributed by atoms with Crippen LogP contribution < -0.4 is 0 Å². The van der Waals surface area contributed by atoms with Gasteiger partial charge in [-0.2, -0.15) is 0 Å². The predicted molar refractivity (Wildman–Crippen MR) is 170 cm³/mol. The Balaban J connectivity index is 1.32. The second kappa shape index (κ2) is 4.96. The lowest BCUT2D eigenvalue weighted by atomic mass is 9.65.